The molecule has 32 heavy (non-hydrogen) atoms. The number of piperidine rings is 1. The van der Waals surface area contributed by atoms with Crippen molar-refractivity contribution >= 4 is 11.7 Å². The third-order valence-electron chi connectivity index (χ3n) is 6.02. The number of likely N-dealkylation sites (tertiary alicyclic amines) is 1. The van der Waals surface area contributed by atoms with E-state index in [1.165, 1.54) is 5.56 Å². The number of nitrogens with one attached hydrogen (secondary N) is 1. The number of Topliss-reactive ketones (excluding diaryl/α,β-unsaturated/α-hetero) is 1. The van der Waals surface area contributed by atoms with Gasteiger partial charge in [-0.3, -0.25) is 14.5 Å². The van der Waals surface area contributed by atoms with Crippen LogP contribution in [0.25, 0.3) is 0 Å². The Kier molecular flexibility index (Phi) is 8.13. The summed E-state index contributed by atoms with van der Waals surface area (Å²) in [4.78, 5) is 27.1. The SMILES string of the molecule is CC(C)Cc1ccc(C(C)NC(=O)CN2CCC(C(=O)c3cc(F)ccc3F)CC2)cc1. The summed E-state index contributed by atoms with van der Waals surface area (Å²) in [5, 5.41) is 3.04. The third kappa shape index (κ3) is 6.45. The molecule has 172 valence electrons. The Morgan fingerprint density at radius 3 is 2.31 bits per heavy atom. The molecule has 1 aliphatic rings. The molecule has 0 aromatic heterocycles. The van der Waals surface area contributed by atoms with Gasteiger partial charge in [-0.2, -0.15) is 0 Å². The van der Waals surface area contributed by atoms with Gasteiger partial charge in [-0.1, -0.05) is 38.1 Å². The quantitative estimate of drug-likeness (QED) is 0.590. The topological polar surface area (TPSA) is 49.4 Å². The first-order chi connectivity index (χ1) is 15.2. The van der Waals surface area contributed by atoms with Crippen molar-refractivity contribution in [2.45, 2.75) is 46.1 Å². The van der Waals surface area contributed by atoms with Crippen molar-refractivity contribution in [3.8, 4) is 0 Å². The van der Waals surface area contributed by atoms with Gasteiger partial charge < -0.3 is 5.32 Å². The van der Waals surface area contributed by atoms with Gasteiger partial charge in [0.1, 0.15) is 11.6 Å². The highest BCUT2D eigenvalue weighted by Gasteiger charge is 2.28. The van der Waals surface area contributed by atoms with Gasteiger partial charge >= 0.3 is 0 Å². The molecule has 1 aliphatic heterocycles. The number of amides is 1. The second kappa shape index (κ2) is 10.8. The molecule has 1 fully saturated rings. The number of hydrogen-bond donors (Lipinski definition) is 1. The number of carbonyl (C=O) groups is 2. The lowest BCUT2D eigenvalue weighted by Gasteiger charge is -2.31. The maximum Gasteiger partial charge on any atom is 0.234 e. The van der Waals surface area contributed by atoms with Gasteiger partial charge in [0, 0.05) is 5.92 Å². The summed E-state index contributed by atoms with van der Waals surface area (Å²) >= 11 is 0. The van der Waals surface area contributed by atoms with Crippen LogP contribution in [-0.4, -0.2) is 36.2 Å². The lowest BCUT2D eigenvalue weighted by atomic mass is 9.88. The molecule has 2 aromatic rings. The normalized spacial score (nSPS) is 16.2. The van der Waals surface area contributed by atoms with Crippen LogP contribution >= 0.6 is 0 Å². The molecule has 1 saturated heterocycles. The van der Waals surface area contributed by atoms with Crippen LogP contribution in [-0.2, 0) is 11.2 Å². The molecule has 1 unspecified atom stereocenters. The van der Waals surface area contributed by atoms with E-state index in [1.807, 2.05) is 11.8 Å². The molecule has 1 N–H and O–H groups in total. The summed E-state index contributed by atoms with van der Waals surface area (Å²) < 4.78 is 27.3. The van der Waals surface area contributed by atoms with Gasteiger partial charge in [0.05, 0.1) is 18.2 Å². The van der Waals surface area contributed by atoms with Crippen LogP contribution in [0.3, 0.4) is 0 Å². The zero-order valence-corrected chi connectivity index (χ0v) is 19.0. The van der Waals surface area contributed by atoms with E-state index in [0.29, 0.717) is 31.8 Å². The highest BCUT2D eigenvalue weighted by molar-refractivity contribution is 5.98. The predicted molar refractivity (Wildman–Crippen MR) is 121 cm³/mol. The number of hydrogen-bond acceptors (Lipinski definition) is 3. The minimum Gasteiger partial charge on any atom is -0.348 e. The summed E-state index contributed by atoms with van der Waals surface area (Å²) in [7, 11) is 0. The maximum atomic E-state index is 13.9. The van der Waals surface area contributed by atoms with Crippen LogP contribution in [0.1, 0.15) is 61.1 Å². The first-order valence-electron chi connectivity index (χ1n) is 11.3. The average molecular weight is 443 g/mol. The molecule has 0 bridgehead atoms. The van der Waals surface area contributed by atoms with E-state index in [9.17, 15) is 18.4 Å². The van der Waals surface area contributed by atoms with E-state index in [4.69, 9.17) is 0 Å². The minimum absolute atomic E-state index is 0.0651. The Morgan fingerprint density at radius 1 is 1.03 bits per heavy atom. The summed E-state index contributed by atoms with van der Waals surface area (Å²) in [5.74, 6) is -1.48. The molecule has 1 heterocycles. The van der Waals surface area contributed by atoms with E-state index in [0.717, 1.165) is 30.2 Å². The number of carbonyl (C=O) groups excluding carboxylic acids is 2. The van der Waals surface area contributed by atoms with Gasteiger partial charge in [0.25, 0.3) is 0 Å². The van der Waals surface area contributed by atoms with Crippen molar-refractivity contribution < 1.29 is 18.4 Å². The van der Waals surface area contributed by atoms with E-state index in [2.05, 4.69) is 43.4 Å². The second-order valence-corrected chi connectivity index (χ2v) is 9.17. The standard InChI is InChI=1S/C26H32F2N2O2/c1-17(2)14-19-4-6-20(7-5-19)18(3)29-25(31)16-30-12-10-21(11-13-30)26(32)23-15-22(27)8-9-24(23)28/h4-9,15,17-18,21H,10-14,16H2,1-3H3,(H,29,31). The number of benzene rings is 2. The van der Waals surface area contributed by atoms with Crippen molar-refractivity contribution in [3.05, 3.63) is 70.8 Å². The zero-order valence-electron chi connectivity index (χ0n) is 19.0. The Morgan fingerprint density at radius 2 is 1.69 bits per heavy atom. The summed E-state index contributed by atoms with van der Waals surface area (Å²) in [6, 6.07) is 11.2. The molecule has 6 heteroatoms. The molecule has 1 atom stereocenters. The highest BCUT2D eigenvalue weighted by atomic mass is 19.1. The van der Waals surface area contributed by atoms with Crippen LogP contribution < -0.4 is 5.32 Å². The molecule has 2 aromatic carbocycles. The van der Waals surface area contributed by atoms with E-state index in [1.54, 1.807) is 0 Å². The number of nitrogens with zero attached hydrogens (tertiary/aromatic N) is 1. The fraction of sp³-hybridized carbons (Fsp3) is 0.462. The van der Waals surface area contributed by atoms with Crippen LogP contribution in [0.4, 0.5) is 8.78 Å². The first kappa shape index (κ1) is 24.1. The van der Waals surface area contributed by atoms with E-state index < -0.39 is 11.6 Å². The van der Waals surface area contributed by atoms with Crippen molar-refractivity contribution in [2.75, 3.05) is 19.6 Å². The molecule has 3 rings (SSSR count). The van der Waals surface area contributed by atoms with Gasteiger partial charge in [-0.15, -0.1) is 0 Å². The van der Waals surface area contributed by atoms with Crippen LogP contribution in [0.2, 0.25) is 0 Å². The summed E-state index contributed by atoms with van der Waals surface area (Å²) in [5.41, 5.74) is 2.17. The molecule has 0 spiro atoms. The maximum absolute atomic E-state index is 13.9. The smallest absolute Gasteiger partial charge is 0.234 e. The lowest BCUT2D eigenvalue weighted by molar-refractivity contribution is -0.123. The van der Waals surface area contributed by atoms with Crippen LogP contribution in [0, 0.1) is 23.5 Å². The minimum atomic E-state index is -0.690. The molecular formula is C26H32F2N2O2. The molecular weight excluding hydrogens is 410 g/mol. The predicted octanol–water partition coefficient (Wildman–Crippen LogP) is 4.94. The van der Waals surface area contributed by atoms with Gasteiger partial charge in [0.15, 0.2) is 5.78 Å². The van der Waals surface area contributed by atoms with Gasteiger partial charge in [-0.25, -0.2) is 8.78 Å². The first-order valence-corrected chi connectivity index (χ1v) is 11.3. The zero-order chi connectivity index (χ0) is 23.3. The summed E-state index contributed by atoms with van der Waals surface area (Å²) in [6.07, 6.45) is 2.08. The largest absolute Gasteiger partial charge is 0.348 e. The van der Waals surface area contributed by atoms with Crippen molar-refractivity contribution in [3.63, 3.8) is 0 Å². The lowest BCUT2D eigenvalue weighted by Crippen LogP contribution is -2.43. The van der Waals surface area contributed by atoms with Gasteiger partial charge in [0.2, 0.25) is 5.91 Å². The Hall–Kier alpha value is -2.60. The number of ketones is 1. The summed E-state index contributed by atoms with van der Waals surface area (Å²) in [6.45, 7) is 7.74. The molecule has 0 radical (unpaired) electrons. The van der Waals surface area contributed by atoms with Crippen molar-refractivity contribution in [1.29, 1.82) is 0 Å². The Labute approximate surface area is 189 Å². The average Bonchev–Trinajstić information content (AvgIpc) is 2.75. The fourth-order valence-corrected chi connectivity index (χ4v) is 4.25. The van der Waals surface area contributed by atoms with Gasteiger partial charge in [-0.05, 0) is 74.5 Å². The Balaban J connectivity index is 1.47. The monoisotopic (exact) mass is 442 g/mol. The highest BCUT2D eigenvalue weighted by Crippen LogP contribution is 2.24. The Bertz CT molecular complexity index is 935. The van der Waals surface area contributed by atoms with E-state index in [-0.39, 0.29) is 35.8 Å². The fourth-order valence-electron chi connectivity index (χ4n) is 4.25. The number of halogens is 2. The molecule has 0 saturated carbocycles. The van der Waals surface area contributed by atoms with Crippen LogP contribution in [0.5, 0.6) is 0 Å². The van der Waals surface area contributed by atoms with Crippen molar-refractivity contribution in [2.24, 2.45) is 11.8 Å². The van der Waals surface area contributed by atoms with Crippen LogP contribution in [0.15, 0.2) is 42.5 Å². The van der Waals surface area contributed by atoms with E-state index >= 15 is 0 Å². The molecule has 4 nitrogen and oxygen atoms in total. The molecule has 1 amide bonds. The molecule has 0 aliphatic carbocycles. The number of rotatable bonds is 8. The second-order valence-electron chi connectivity index (χ2n) is 9.17. The third-order valence-corrected chi connectivity index (χ3v) is 6.02. The van der Waals surface area contributed by atoms with Crippen molar-refractivity contribution in [1.82, 2.24) is 10.2 Å².